The van der Waals surface area contributed by atoms with E-state index in [0.29, 0.717) is 11.6 Å². The Bertz CT molecular complexity index is 926. The fraction of sp³-hybridized carbons (Fsp3) is 0.409. The first-order valence-electron chi connectivity index (χ1n) is 9.46. The van der Waals surface area contributed by atoms with Gasteiger partial charge in [0.1, 0.15) is 0 Å². The van der Waals surface area contributed by atoms with Crippen molar-refractivity contribution in [2.24, 2.45) is 0 Å². The molecule has 7 heteroatoms. The van der Waals surface area contributed by atoms with E-state index in [-0.39, 0.29) is 5.91 Å². The molecule has 1 aromatic heterocycles. The van der Waals surface area contributed by atoms with E-state index in [1.54, 1.807) is 13.0 Å². The summed E-state index contributed by atoms with van der Waals surface area (Å²) in [6.45, 7) is 11.5. The topological polar surface area (TPSA) is 73.2 Å². The molecular formula is C22H28ClN3O3. The van der Waals surface area contributed by atoms with Crippen LogP contribution in [0.2, 0.25) is 5.02 Å². The molecular weight excluding hydrogens is 390 g/mol. The van der Waals surface area contributed by atoms with Crippen LogP contribution in [0.4, 0.5) is 0 Å². The monoisotopic (exact) mass is 417 g/mol. The molecule has 1 unspecified atom stereocenters. The van der Waals surface area contributed by atoms with Gasteiger partial charge < -0.3 is 10.1 Å². The fourth-order valence-electron chi connectivity index (χ4n) is 2.78. The van der Waals surface area contributed by atoms with Crippen LogP contribution in [0.25, 0.3) is 6.08 Å². The van der Waals surface area contributed by atoms with E-state index in [1.807, 2.05) is 63.6 Å². The Hall–Kier alpha value is -2.60. The lowest BCUT2D eigenvalue weighted by atomic mass is 10.1. The quantitative estimate of drug-likeness (QED) is 0.568. The van der Waals surface area contributed by atoms with Crippen molar-refractivity contribution >= 4 is 29.6 Å². The number of nitrogens with one attached hydrogen (secondary N) is 1. The van der Waals surface area contributed by atoms with Crippen molar-refractivity contribution < 1.29 is 14.3 Å². The maximum atomic E-state index is 12.1. The molecule has 156 valence electrons. The minimum absolute atomic E-state index is 0.334. The van der Waals surface area contributed by atoms with Crippen molar-refractivity contribution in [2.75, 3.05) is 0 Å². The van der Waals surface area contributed by atoms with E-state index in [9.17, 15) is 9.59 Å². The van der Waals surface area contributed by atoms with Crippen LogP contribution in [0.1, 0.15) is 50.2 Å². The van der Waals surface area contributed by atoms with Gasteiger partial charge in [-0.2, -0.15) is 5.10 Å². The highest BCUT2D eigenvalue weighted by molar-refractivity contribution is 6.31. The number of carbonyl (C=O) groups is 2. The molecule has 1 aromatic carbocycles. The van der Waals surface area contributed by atoms with Crippen LogP contribution in [-0.2, 0) is 20.9 Å². The number of carbonyl (C=O) groups excluding carboxylic acids is 2. The van der Waals surface area contributed by atoms with Gasteiger partial charge in [-0.1, -0.05) is 29.8 Å². The molecule has 0 saturated carbocycles. The summed E-state index contributed by atoms with van der Waals surface area (Å²) >= 11 is 6.24. The van der Waals surface area contributed by atoms with E-state index in [2.05, 4.69) is 10.4 Å². The Morgan fingerprint density at radius 1 is 1.28 bits per heavy atom. The molecule has 6 nitrogen and oxygen atoms in total. The maximum Gasteiger partial charge on any atom is 0.331 e. The molecule has 0 saturated heterocycles. The van der Waals surface area contributed by atoms with Gasteiger partial charge in [0.15, 0.2) is 6.10 Å². The number of esters is 1. The Morgan fingerprint density at radius 3 is 2.55 bits per heavy atom. The van der Waals surface area contributed by atoms with Gasteiger partial charge in [-0.15, -0.1) is 0 Å². The first-order chi connectivity index (χ1) is 13.5. The predicted octanol–water partition coefficient (Wildman–Crippen LogP) is 4.06. The number of benzene rings is 1. The zero-order valence-electron chi connectivity index (χ0n) is 17.7. The molecule has 1 heterocycles. The minimum Gasteiger partial charge on any atom is -0.449 e. The summed E-state index contributed by atoms with van der Waals surface area (Å²) in [6, 6.07) is 7.61. The normalized spacial score (nSPS) is 12.8. The minimum atomic E-state index is -0.878. The zero-order valence-corrected chi connectivity index (χ0v) is 18.5. The Kier molecular flexibility index (Phi) is 7.25. The number of nitrogens with zero attached hydrogens (tertiary/aromatic N) is 2. The van der Waals surface area contributed by atoms with Crippen LogP contribution in [0, 0.1) is 13.8 Å². The molecule has 0 spiro atoms. The number of hydrogen-bond acceptors (Lipinski definition) is 4. The first kappa shape index (κ1) is 22.7. The second-order valence-electron chi connectivity index (χ2n) is 7.99. The van der Waals surface area contributed by atoms with Crippen molar-refractivity contribution in [3.05, 3.63) is 57.9 Å². The first-order valence-corrected chi connectivity index (χ1v) is 9.84. The van der Waals surface area contributed by atoms with Crippen LogP contribution in [0.15, 0.2) is 30.3 Å². The summed E-state index contributed by atoms with van der Waals surface area (Å²) in [5.74, 6) is -0.918. The van der Waals surface area contributed by atoms with Crippen LogP contribution in [0.5, 0.6) is 0 Å². The summed E-state index contributed by atoms with van der Waals surface area (Å²) in [6.07, 6.45) is 2.10. The van der Waals surface area contributed by atoms with Crippen LogP contribution in [0.3, 0.4) is 0 Å². The maximum absolute atomic E-state index is 12.1. The molecule has 0 fully saturated rings. The number of hydrogen-bond donors (Lipinski definition) is 1. The summed E-state index contributed by atoms with van der Waals surface area (Å²) in [5.41, 5.74) is 3.11. The second-order valence-corrected chi connectivity index (χ2v) is 8.39. The van der Waals surface area contributed by atoms with E-state index in [1.165, 1.54) is 6.08 Å². The average Bonchev–Trinajstić information content (AvgIpc) is 2.87. The Morgan fingerprint density at radius 2 is 1.93 bits per heavy atom. The van der Waals surface area contributed by atoms with E-state index in [4.69, 9.17) is 16.3 Å². The highest BCUT2D eigenvalue weighted by atomic mass is 35.5. The highest BCUT2D eigenvalue weighted by Gasteiger charge is 2.21. The molecule has 2 rings (SSSR count). The van der Waals surface area contributed by atoms with Crippen molar-refractivity contribution in [1.29, 1.82) is 0 Å². The van der Waals surface area contributed by atoms with Gasteiger partial charge in [-0.25, -0.2) is 4.79 Å². The molecule has 29 heavy (non-hydrogen) atoms. The number of aryl methyl sites for hydroxylation is 1. The lowest BCUT2D eigenvalue weighted by molar-refractivity contribution is -0.150. The second kappa shape index (κ2) is 9.27. The van der Waals surface area contributed by atoms with Crippen molar-refractivity contribution in [2.45, 2.75) is 59.7 Å². The molecule has 0 bridgehead atoms. The Labute approximate surface area is 176 Å². The molecule has 0 radical (unpaired) electrons. The van der Waals surface area contributed by atoms with E-state index < -0.39 is 17.6 Å². The van der Waals surface area contributed by atoms with Gasteiger partial charge >= 0.3 is 5.97 Å². The third kappa shape index (κ3) is 6.46. The highest BCUT2D eigenvalue weighted by Crippen LogP contribution is 2.20. The standard InChI is InChI=1S/C22H28ClN3O3/c1-14-18(11-12-20(27)29-16(3)21(28)24-22(4,5)6)15(2)26(25-14)13-17-9-7-8-10-19(17)23/h7-12,16H,13H2,1-6H3,(H,24,28)/b12-11+. The lowest BCUT2D eigenvalue weighted by Crippen LogP contribution is -2.46. The number of rotatable bonds is 6. The van der Waals surface area contributed by atoms with Crippen LogP contribution < -0.4 is 5.32 Å². The molecule has 2 aromatic rings. The SMILES string of the molecule is Cc1nn(Cc2ccccc2Cl)c(C)c1/C=C/C(=O)OC(C)C(=O)NC(C)(C)C. The largest absolute Gasteiger partial charge is 0.449 e. The zero-order chi connectivity index (χ0) is 21.8. The number of aromatic nitrogens is 2. The third-order valence-electron chi connectivity index (χ3n) is 4.26. The van der Waals surface area contributed by atoms with Gasteiger partial charge in [0, 0.05) is 27.9 Å². The van der Waals surface area contributed by atoms with Gasteiger partial charge in [-0.05, 0) is 59.2 Å². The average molecular weight is 418 g/mol. The predicted molar refractivity (Wildman–Crippen MR) is 115 cm³/mol. The van der Waals surface area contributed by atoms with Gasteiger partial charge in [0.05, 0.1) is 12.2 Å². The smallest absolute Gasteiger partial charge is 0.331 e. The summed E-state index contributed by atoms with van der Waals surface area (Å²) in [7, 11) is 0. The third-order valence-corrected chi connectivity index (χ3v) is 4.63. The molecule has 1 amide bonds. The molecule has 0 aliphatic rings. The Balaban J connectivity index is 2.07. The van der Waals surface area contributed by atoms with Crippen LogP contribution in [-0.4, -0.2) is 33.3 Å². The van der Waals surface area contributed by atoms with Gasteiger partial charge in [0.25, 0.3) is 5.91 Å². The molecule has 1 N–H and O–H groups in total. The fourth-order valence-corrected chi connectivity index (χ4v) is 2.98. The summed E-state index contributed by atoms with van der Waals surface area (Å²) in [4.78, 5) is 24.2. The van der Waals surface area contributed by atoms with Crippen LogP contribution >= 0.6 is 11.6 Å². The number of halogens is 1. The van der Waals surface area contributed by atoms with Crippen molar-refractivity contribution in [3.8, 4) is 0 Å². The number of ether oxygens (including phenoxy) is 1. The van der Waals surface area contributed by atoms with Gasteiger partial charge in [0.2, 0.25) is 0 Å². The summed E-state index contributed by atoms with van der Waals surface area (Å²) in [5, 5.41) is 8.01. The molecule has 0 aliphatic heterocycles. The van der Waals surface area contributed by atoms with E-state index in [0.717, 1.165) is 22.5 Å². The van der Waals surface area contributed by atoms with Gasteiger partial charge in [-0.3, -0.25) is 9.48 Å². The van der Waals surface area contributed by atoms with Crippen molar-refractivity contribution in [1.82, 2.24) is 15.1 Å². The van der Waals surface area contributed by atoms with Crippen molar-refractivity contribution in [3.63, 3.8) is 0 Å². The van der Waals surface area contributed by atoms with E-state index >= 15 is 0 Å². The number of amides is 1. The molecule has 1 atom stereocenters. The lowest BCUT2D eigenvalue weighted by Gasteiger charge is -2.22. The molecule has 0 aliphatic carbocycles. The summed E-state index contributed by atoms with van der Waals surface area (Å²) < 4.78 is 7.04.